The van der Waals surface area contributed by atoms with Crippen molar-refractivity contribution in [3.05, 3.63) is 45.7 Å². The van der Waals surface area contributed by atoms with Crippen LogP contribution >= 0.6 is 22.7 Å². The molecule has 0 aromatic carbocycles. The standard InChI is InChI=1S/C15H13N3O2S2/c19-13-7-10(8-18(13)9-11-3-1-5-21-11)14-16-15(20-17-14)12-4-2-6-22-12/h1-6,10H,7-9H2/t10-/m1/s1. The molecule has 0 radical (unpaired) electrons. The van der Waals surface area contributed by atoms with E-state index >= 15 is 0 Å². The van der Waals surface area contributed by atoms with E-state index in [9.17, 15) is 4.79 Å². The van der Waals surface area contributed by atoms with Crippen LogP contribution in [0.3, 0.4) is 0 Å². The third kappa shape index (κ3) is 2.57. The summed E-state index contributed by atoms with van der Waals surface area (Å²) in [6, 6.07) is 7.95. The maximum absolute atomic E-state index is 12.2. The zero-order valence-corrected chi connectivity index (χ0v) is 13.3. The van der Waals surface area contributed by atoms with Crippen LogP contribution in [-0.4, -0.2) is 27.5 Å². The molecule has 1 aliphatic rings. The molecule has 0 spiro atoms. The quantitative estimate of drug-likeness (QED) is 0.735. The van der Waals surface area contributed by atoms with Crippen molar-refractivity contribution in [1.82, 2.24) is 15.0 Å². The first-order chi connectivity index (χ1) is 10.8. The molecule has 7 heteroatoms. The molecule has 0 aliphatic carbocycles. The second kappa shape index (κ2) is 5.66. The van der Waals surface area contributed by atoms with Crippen LogP contribution in [0.1, 0.15) is 23.0 Å². The lowest BCUT2D eigenvalue weighted by Crippen LogP contribution is -2.23. The van der Waals surface area contributed by atoms with Crippen LogP contribution in [-0.2, 0) is 11.3 Å². The Kier molecular flexibility index (Phi) is 3.51. The zero-order valence-electron chi connectivity index (χ0n) is 11.6. The Bertz CT molecular complexity index is 765. The molecule has 0 bridgehead atoms. The van der Waals surface area contributed by atoms with Gasteiger partial charge < -0.3 is 9.42 Å². The highest BCUT2D eigenvalue weighted by atomic mass is 32.1. The Labute approximate surface area is 135 Å². The van der Waals surface area contributed by atoms with Gasteiger partial charge in [-0.1, -0.05) is 17.3 Å². The fourth-order valence-corrected chi connectivity index (χ4v) is 3.95. The number of hydrogen-bond donors (Lipinski definition) is 0. The molecule has 0 saturated carbocycles. The second-order valence-corrected chi connectivity index (χ2v) is 7.17. The molecule has 22 heavy (non-hydrogen) atoms. The number of rotatable bonds is 4. The summed E-state index contributed by atoms with van der Waals surface area (Å²) in [5.41, 5.74) is 0. The Hall–Kier alpha value is -1.99. The molecule has 3 aromatic rings. The predicted molar refractivity (Wildman–Crippen MR) is 84.7 cm³/mol. The van der Waals surface area contributed by atoms with E-state index in [2.05, 4.69) is 16.2 Å². The van der Waals surface area contributed by atoms with Gasteiger partial charge in [-0.3, -0.25) is 4.79 Å². The molecule has 1 aliphatic heterocycles. The normalized spacial score (nSPS) is 18.3. The third-order valence-electron chi connectivity index (χ3n) is 3.68. The zero-order chi connectivity index (χ0) is 14.9. The topological polar surface area (TPSA) is 59.2 Å². The predicted octanol–water partition coefficient (Wildman–Crippen LogP) is 3.38. The Morgan fingerprint density at radius 2 is 2.14 bits per heavy atom. The monoisotopic (exact) mass is 331 g/mol. The molecule has 5 nitrogen and oxygen atoms in total. The van der Waals surface area contributed by atoms with Gasteiger partial charge in [-0.05, 0) is 22.9 Å². The van der Waals surface area contributed by atoms with Crippen molar-refractivity contribution in [2.45, 2.75) is 18.9 Å². The van der Waals surface area contributed by atoms with Crippen LogP contribution in [0.5, 0.6) is 0 Å². The van der Waals surface area contributed by atoms with Gasteiger partial charge in [0.05, 0.1) is 11.4 Å². The van der Waals surface area contributed by atoms with E-state index < -0.39 is 0 Å². The van der Waals surface area contributed by atoms with Crippen molar-refractivity contribution < 1.29 is 9.32 Å². The van der Waals surface area contributed by atoms with E-state index in [0.29, 0.717) is 31.2 Å². The highest BCUT2D eigenvalue weighted by Crippen LogP contribution is 2.30. The summed E-state index contributed by atoms with van der Waals surface area (Å²) in [5, 5.41) is 8.07. The van der Waals surface area contributed by atoms with E-state index in [1.165, 1.54) is 4.88 Å². The first kappa shape index (κ1) is 13.7. The number of hydrogen-bond acceptors (Lipinski definition) is 6. The van der Waals surface area contributed by atoms with E-state index in [0.717, 1.165) is 4.88 Å². The van der Waals surface area contributed by atoms with Gasteiger partial charge in [0.1, 0.15) is 0 Å². The fraction of sp³-hybridized carbons (Fsp3) is 0.267. The summed E-state index contributed by atoms with van der Waals surface area (Å²) >= 11 is 3.23. The Morgan fingerprint density at radius 3 is 2.91 bits per heavy atom. The van der Waals surface area contributed by atoms with Crippen LogP contribution in [0.2, 0.25) is 0 Å². The minimum absolute atomic E-state index is 0.0184. The van der Waals surface area contributed by atoms with Gasteiger partial charge in [-0.25, -0.2) is 0 Å². The van der Waals surface area contributed by atoms with Crippen molar-refractivity contribution in [2.24, 2.45) is 0 Å². The molecular formula is C15H13N3O2S2. The van der Waals surface area contributed by atoms with Gasteiger partial charge >= 0.3 is 0 Å². The van der Waals surface area contributed by atoms with E-state index in [1.54, 1.807) is 22.7 Å². The number of amides is 1. The van der Waals surface area contributed by atoms with Crippen molar-refractivity contribution in [3.63, 3.8) is 0 Å². The van der Waals surface area contributed by atoms with Crippen molar-refractivity contribution >= 4 is 28.6 Å². The van der Waals surface area contributed by atoms with Crippen LogP contribution in [0.4, 0.5) is 0 Å². The average Bonchev–Trinajstić information content (AvgIpc) is 3.27. The number of thiophene rings is 2. The molecule has 3 aromatic heterocycles. The van der Waals surface area contributed by atoms with Crippen LogP contribution in [0.25, 0.3) is 10.8 Å². The Balaban J connectivity index is 1.49. The molecule has 4 rings (SSSR count). The summed E-state index contributed by atoms with van der Waals surface area (Å²) in [6.07, 6.45) is 0.453. The van der Waals surface area contributed by atoms with Crippen LogP contribution in [0, 0.1) is 0 Å². The average molecular weight is 331 g/mol. The third-order valence-corrected chi connectivity index (χ3v) is 5.40. The van der Waals surface area contributed by atoms with Gasteiger partial charge in [0.25, 0.3) is 5.89 Å². The van der Waals surface area contributed by atoms with Gasteiger partial charge in [-0.2, -0.15) is 4.98 Å². The highest BCUT2D eigenvalue weighted by Gasteiger charge is 2.33. The lowest BCUT2D eigenvalue weighted by Gasteiger charge is -2.14. The lowest BCUT2D eigenvalue weighted by molar-refractivity contribution is -0.128. The maximum Gasteiger partial charge on any atom is 0.267 e. The molecule has 1 amide bonds. The lowest BCUT2D eigenvalue weighted by atomic mass is 10.1. The summed E-state index contributed by atoms with van der Waals surface area (Å²) in [7, 11) is 0. The molecule has 0 unspecified atom stereocenters. The number of carbonyl (C=O) groups excluding carboxylic acids is 1. The number of likely N-dealkylation sites (tertiary alicyclic amines) is 1. The van der Waals surface area contributed by atoms with Gasteiger partial charge in [0.15, 0.2) is 5.82 Å². The van der Waals surface area contributed by atoms with Gasteiger partial charge in [0.2, 0.25) is 5.91 Å². The van der Waals surface area contributed by atoms with Gasteiger partial charge in [-0.15, -0.1) is 22.7 Å². The van der Waals surface area contributed by atoms with Crippen LogP contribution < -0.4 is 0 Å². The molecular weight excluding hydrogens is 318 g/mol. The van der Waals surface area contributed by atoms with E-state index in [-0.39, 0.29) is 11.8 Å². The number of nitrogens with zero attached hydrogens (tertiary/aromatic N) is 3. The summed E-state index contributed by atoms with van der Waals surface area (Å²) < 4.78 is 5.32. The first-order valence-electron chi connectivity index (χ1n) is 6.97. The molecule has 0 N–H and O–H groups in total. The summed E-state index contributed by atoms with van der Waals surface area (Å²) in [4.78, 5) is 20.6. The minimum atomic E-state index is 0.0184. The van der Waals surface area contributed by atoms with E-state index in [4.69, 9.17) is 4.52 Å². The highest BCUT2D eigenvalue weighted by molar-refractivity contribution is 7.13. The molecule has 112 valence electrons. The van der Waals surface area contributed by atoms with Crippen LogP contribution in [0.15, 0.2) is 39.5 Å². The molecule has 4 heterocycles. The minimum Gasteiger partial charge on any atom is -0.337 e. The maximum atomic E-state index is 12.2. The number of carbonyl (C=O) groups is 1. The SMILES string of the molecule is O=C1C[C@@H](c2noc(-c3cccs3)n2)CN1Cc1cccs1. The largest absolute Gasteiger partial charge is 0.337 e. The summed E-state index contributed by atoms with van der Waals surface area (Å²) in [5.74, 6) is 1.34. The fourth-order valence-electron chi connectivity index (χ4n) is 2.59. The molecule has 1 saturated heterocycles. The molecule has 1 atom stereocenters. The van der Waals surface area contributed by atoms with Crippen molar-refractivity contribution in [3.8, 4) is 10.8 Å². The molecule has 1 fully saturated rings. The van der Waals surface area contributed by atoms with Crippen molar-refractivity contribution in [1.29, 1.82) is 0 Å². The summed E-state index contributed by atoms with van der Waals surface area (Å²) in [6.45, 7) is 1.32. The van der Waals surface area contributed by atoms with Crippen molar-refractivity contribution in [2.75, 3.05) is 6.54 Å². The Morgan fingerprint density at radius 1 is 1.27 bits per heavy atom. The van der Waals surface area contributed by atoms with E-state index in [1.807, 2.05) is 33.9 Å². The second-order valence-electron chi connectivity index (χ2n) is 5.19. The van der Waals surface area contributed by atoms with Gasteiger partial charge in [0, 0.05) is 23.8 Å². The first-order valence-corrected chi connectivity index (χ1v) is 8.73. The smallest absolute Gasteiger partial charge is 0.267 e. The number of aromatic nitrogens is 2.